The number of benzene rings is 1. The molecule has 0 saturated heterocycles. The van der Waals surface area contributed by atoms with Gasteiger partial charge in [-0.3, -0.25) is 0 Å². The van der Waals surface area contributed by atoms with Crippen molar-refractivity contribution in [2.24, 2.45) is 5.92 Å². The third-order valence-corrected chi connectivity index (χ3v) is 6.08. The summed E-state index contributed by atoms with van der Waals surface area (Å²) in [4.78, 5) is 0.957. The summed E-state index contributed by atoms with van der Waals surface area (Å²) in [7, 11) is -3.33. The van der Waals surface area contributed by atoms with E-state index in [0.717, 1.165) is 4.90 Å². The van der Waals surface area contributed by atoms with Crippen LogP contribution in [-0.4, -0.2) is 37.3 Å². The summed E-state index contributed by atoms with van der Waals surface area (Å²) in [6.07, 6.45) is 0. The van der Waals surface area contributed by atoms with Crippen LogP contribution in [0.5, 0.6) is 0 Å². The molecule has 0 radical (unpaired) electrons. The molecule has 7 heteroatoms. The number of nitrogen functional groups attached to an aromatic ring is 1. The zero-order chi connectivity index (χ0) is 15.9. The lowest BCUT2D eigenvalue weighted by Gasteiger charge is -2.21. The summed E-state index contributed by atoms with van der Waals surface area (Å²) in [6.45, 7) is 4.14. The van der Waals surface area contributed by atoms with Gasteiger partial charge in [-0.2, -0.15) is 5.26 Å². The number of anilines is 1. The highest BCUT2D eigenvalue weighted by molar-refractivity contribution is 8.00. The van der Waals surface area contributed by atoms with Gasteiger partial charge in [-0.1, -0.05) is 13.0 Å². The van der Waals surface area contributed by atoms with Gasteiger partial charge in [0.05, 0.1) is 17.7 Å². The molecule has 0 heterocycles. The molecule has 0 saturated carbocycles. The number of thioether (sulfide) groups is 1. The van der Waals surface area contributed by atoms with Crippen LogP contribution in [-0.2, 0) is 10.0 Å². The largest absolute Gasteiger partial charge is 0.399 e. The number of sulfonamides is 1. The van der Waals surface area contributed by atoms with E-state index in [2.05, 4.69) is 6.07 Å². The number of hydrogen-bond donors (Lipinski definition) is 1. The fourth-order valence-corrected chi connectivity index (χ4v) is 4.69. The summed E-state index contributed by atoms with van der Waals surface area (Å²) >= 11 is 1.46. The van der Waals surface area contributed by atoms with Crippen molar-refractivity contribution in [1.29, 1.82) is 5.26 Å². The minimum absolute atomic E-state index is 0.0540. The molecule has 21 heavy (non-hydrogen) atoms. The van der Waals surface area contributed by atoms with Crippen LogP contribution < -0.4 is 5.73 Å². The van der Waals surface area contributed by atoms with Gasteiger partial charge in [0.1, 0.15) is 0 Å². The Labute approximate surface area is 131 Å². The van der Waals surface area contributed by atoms with Gasteiger partial charge in [0.25, 0.3) is 0 Å². The molecule has 0 aromatic heterocycles. The quantitative estimate of drug-likeness (QED) is 0.584. The van der Waals surface area contributed by atoms with Crippen LogP contribution in [0.3, 0.4) is 0 Å². The van der Waals surface area contributed by atoms with E-state index >= 15 is 0 Å². The van der Waals surface area contributed by atoms with Crippen molar-refractivity contribution in [2.45, 2.75) is 18.7 Å². The van der Waals surface area contributed by atoms with Crippen molar-refractivity contribution >= 4 is 27.5 Å². The van der Waals surface area contributed by atoms with Gasteiger partial charge in [0.15, 0.2) is 0 Å². The molecule has 5 nitrogen and oxygen atoms in total. The van der Waals surface area contributed by atoms with E-state index in [0.29, 0.717) is 18.0 Å². The number of nitrogens with two attached hydrogens (primary N) is 1. The van der Waals surface area contributed by atoms with E-state index in [1.54, 1.807) is 19.9 Å². The molecule has 0 aliphatic rings. The van der Waals surface area contributed by atoms with E-state index < -0.39 is 10.0 Å². The topological polar surface area (TPSA) is 87.2 Å². The fourth-order valence-electron chi connectivity index (χ4n) is 1.78. The fraction of sp³-hybridized carbons (Fsp3) is 0.500. The second-order valence-electron chi connectivity index (χ2n) is 4.72. The number of rotatable bonds is 8. The van der Waals surface area contributed by atoms with E-state index in [9.17, 15) is 8.42 Å². The van der Waals surface area contributed by atoms with Crippen LogP contribution >= 0.6 is 11.8 Å². The van der Waals surface area contributed by atoms with Gasteiger partial charge in [0, 0.05) is 29.4 Å². The highest BCUT2D eigenvalue weighted by Crippen LogP contribution is 2.21. The van der Waals surface area contributed by atoms with Gasteiger partial charge in [-0.05, 0) is 25.1 Å². The molecule has 1 aromatic carbocycles. The Morgan fingerprint density at radius 2 is 2.19 bits per heavy atom. The van der Waals surface area contributed by atoms with E-state index in [4.69, 9.17) is 11.0 Å². The zero-order valence-electron chi connectivity index (χ0n) is 12.3. The number of nitrogens with zero attached hydrogens (tertiary/aromatic N) is 2. The Morgan fingerprint density at radius 3 is 2.76 bits per heavy atom. The van der Waals surface area contributed by atoms with Crippen LogP contribution in [0, 0.1) is 17.2 Å². The lowest BCUT2D eigenvalue weighted by molar-refractivity contribution is 0.401. The molecule has 116 valence electrons. The van der Waals surface area contributed by atoms with Gasteiger partial charge < -0.3 is 5.73 Å². The van der Waals surface area contributed by atoms with E-state index in [1.807, 2.05) is 18.2 Å². The first kappa shape index (κ1) is 17.8. The maximum absolute atomic E-state index is 12.2. The second-order valence-corrected chi connectivity index (χ2v) is 7.97. The predicted molar refractivity (Wildman–Crippen MR) is 87.4 cm³/mol. The van der Waals surface area contributed by atoms with Crippen LogP contribution in [0.15, 0.2) is 29.2 Å². The Kier molecular flexibility index (Phi) is 7.02. The zero-order valence-corrected chi connectivity index (χ0v) is 14.0. The summed E-state index contributed by atoms with van der Waals surface area (Å²) in [5.41, 5.74) is 6.35. The first-order valence-corrected chi connectivity index (χ1v) is 9.34. The highest BCUT2D eigenvalue weighted by atomic mass is 32.2. The van der Waals surface area contributed by atoms with Crippen molar-refractivity contribution in [3.05, 3.63) is 24.3 Å². The molecule has 1 aromatic rings. The van der Waals surface area contributed by atoms with Crippen molar-refractivity contribution < 1.29 is 8.42 Å². The maximum Gasteiger partial charge on any atom is 0.214 e. The Bertz CT molecular complexity index is 596. The minimum atomic E-state index is -3.33. The predicted octanol–water partition coefficient (Wildman–Crippen LogP) is 2.17. The van der Waals surface area contributed by atoms with E-state index in [-0.39, 0.29) is 18.2 Å². The smallest absolute Gasteiger partial charge is 0.214 e. The molecule has 1 rings (SSSR count). The summed E-state index contributed by atoms with van der Waals surface area (Å²) in [5, 5.41) is 8.81. The van der Waals surface area contributed by atoms with Gasteiger partial charge >= 0.3 is 0 Å². The average molecular weight is 327 g/mol. The van der Waals surface area contributed by atoms with Gasteiger partial charge in [-0.15, -0.1) is 11.8 Å². The summed E-state index contributed by atoms with van der Waals surface area (Å²) in [6, 6.07) is 9.44. The van der Waals surface area contributed by atoms with Crippen molar-refractivity contribution in [1.82, 2.24) is 4.31 Å². The molecule has 1 atom stereocenters. The normalized spacial score (nSPS) is 13.0. The molecular formula is C14H21N3O2S2. The Morgan fingerprint density at radius 1 is 1.48 bits per heavy atom. The number of nitriles is 1. The highest BCUT2D eigenvalue weighted by Gasteiger charge is 2.22. The monoisotopic (exact) mass is 327 g/mol. The SMILES string of the molecule is CCN(CC(C)C#N)S(=O)(=O)CCSc1cccc(N)c1. The van der Waals surface area contributed by atoms with Crippen LogP contribution in [0.25, 0.3) is 0 Å². The molecule has 2 N–H and O–H groups in total. The summed E-state index contributed by atoms with van der Waals surface area (Å²) in [5.74, 6) is 0.211. The van der Waals surface area contributed by atoms with E-state index in [1.165, 1.54) is 16.1 Å². The third-order valence-electron chi connectivity index (χ3n) is 2.91. The molecule has 0 aliphatic heterocycles. The van der Waals surface area contributed by atoms with Gasteiger partial charge in [0.2, 0.25) is 10.0 Å². The van der Waals surface area contributed by atoms with Gasteiger partial charge in [-0.25, -0.2) is 12.7 Å². The van der Waals surface area contributed by atoms with Crippen molar-refractivity contribution in [2.75, 3.05) is 30.3 Å². The minimum Gasteiger partial charge on any atom is -0.399 e. The first-order valence-electron chi connectivity index (χ1n) is 6.74. The van der Waals surface area contributed by atoms with Crippen molar-refractivity contribution in [3.8, 4) is 6.07 Å². The Balaban J connectivity index is 2.57. The lowest BCUT2D eigenvalue weighted by Crippen LogP contribution is -2.36. The third kappa shape index (κ3) is 5.96. The standard InChI is InChI=1S/C14H21N3O2S2/c1-3-17(11-12(2)10-15)21(18,19)8-7-20-14-6-4-5-13(16)9-14/h4-6,9,12H,3,7-8,11,16H2,1-2H3. The second kappa shape index (κ2) is 8.27. The maximum atomic E-state index is 12.2. The molecule has 0 amide bonds. The molecule has 0 spiro atoms. The lowest BCUT2D eigenvalue weighted by atomic mass is 10.2. The summed E-state index contributed by atoms with van der Waals surface area (Å²) < 4.78 is 25.9. The molecule has 1 unspecified atom stereocenters. The van der Waals surface area contributed by atoms with Crippen LogP contribution in [0.2, 0.25) is 0 Å². The Hall–Kier alpha value is -1.23. The molecule has 0 fully saturated rings. The molecule has 0 aliphatic carbocycles. The van der Waals surface area contributed by atoms with Crippen molar-refractivity contribution in [3.63, 3.8) is 0 Å². The molecule has 0 bridgehead atoms. The van der Waals surface area contributed by atoms with Crippen LogP contribution in [0.4, 0.5) is 5.69 Å². The van der Waals surface area contributed by atoms with Crippen LogP contribution in [0.1, 0.15) is 13.8 Å². The first-order chi connectivity index (χ1) is 9.89. The molecular weight excluding hydrogens is 306 g/mol. The average Bonchev–Trinajstić information content (AvgIpc) is 2.44. The number of hydrogen-bond acceptors (Lipinski definition) is 5.